The van der Waals surface area contributed by atoms with E-state index < -0.39 is 20.2 Å². The fourth-order valence-electron chi connectivity index (χ4n) is 3.60. The molecule has 1 aromatic rings. The monoisotopic (exact) mass is 810 g/mol. The summed E-state index contributed by atoms with van der Waals surface area (Å²) < 4.78 is 118. The van der Waals surface area contributed by atoms with Crippen LogP contribution in [-0.2, 0) is 58.1 Å². The average molecular weight is 811 g/mol. The molecule has 16 nitrogen and oxygen atoms in total. The Labute approximate surface area is 382 Å². The topological polar surface area (TPSA) is 207 Å². The summed E-state index contributed by atoms with van der Waals surface area (Å²) in [5.41, 5.74) is 0. The van der Waals surface area contributed by atoms with Gasteiger partial charge in [-0.2, -0.15) is 0 Å². The first-order valence-electron chi connectivity index (χ1n) is 16.0. The predicted octanol–water partition coefficient (Wildman–Crippen LogP) is -4.76. The molecule has 0 N–H and O–H groups in total. The van der Waals surface area contributed by atoms with Gasteiger partial charge in [-0.05, 0) is 37.8 Å². The van der Waals surface area contributed by atoms with Crippen molar-refractivity contribution in [3.05, 3.63) is 24.3 Å². The van der Waals surface area contributed by atoms with Crippen LogP contribution in [0.4, 0.5) is 0 Å². The molecule has 0 fully saturated rings. The van der Waals surface area contributed by atoms with Crippen LogP contribution in [0, 0.1) is 0 Å². The second kappa shape index (κ2) is 37.5. The molecule has 1 rings (SSSR count). The Hall–Kier alpha value is 1.59. The van der Waals surface area contributed by atoms with E-state index in [0.717, 1.165) is 0 Å². The average Bonchev–Trinajstić information content (AvgIpc) is 3.03. The number of hydrogen-bond donors (Lipinski definition) is 0. The molecule has 0 spiro atoms. The number of hydrogen-bond acceptors (Lipinski definition) is 16. The summed E-state index contributed by atoms with van der Waals surface area (Å²) in [6, 6.07) is 7.35. The summed E-state index contributed by atoms with van der Waals surface area (Å²) in [4.78, 5) is 0. The van der Waals surface area contributed by atoms with Crippen LogP contribution in [0.1, 0.15) is 25.7 Å². The Bertz CT molecular complexity index is 1020. The maximum Gasteiger partial charge on any atom is 1.00 e. The third kappa shape index (κ3) is 39.3. The van der Waals surface area contributed by atoms with Crippen LogP contribution >= 0.6 is 0 Å². The molecule has 1 aromatic carbocycles. The van der Waals surface area contributed by atoms with Gasteiger partial charge in [0.05, 0.1) is 113 Å². The summed E-state index contributed by atoms with van der Waals surface area (Å²) in [6.45, 7) is 7.13. The Morgan fingerprint density at radius 2 is 0.620 bits per heavy atom. The van der Waals surface area contributed by atoms with Crippen molar-refractivity contribution >= 4 is 20.2 Å². The normalized spacial score (nSPS) is 11.6. The van der Waals surface area contributed by atoms with E-state index in [1.54, 1.807) is 0 Å². The first kappa shape index (κ1) is 53.7. The van der Waals surface area contributed by atoms with Crippen molar-refractivity contribution < 1.29 is 176 Å². The zero-order valence-electron chi connectivity index (χ0n) is 29.6. The van der Waals surface area contributed by atoms with Crippen LogP contribution in [0.15, 0.2) is 24.3 Å². The largest absolute Gasteiger partial charge is 1.00 e. The van der Waals surface area contributed by atoms with E-state index in [4.69, 9.17) is 47.4 Å². The molecule has 0 amide bonds. The van der Waals surface area contributed by atoms with Crippen molar-refractivity contribution in [2.75, 3.05) is 130 Å². The van der Waals surface area contributed by atoms with E-state index in [-0.39, 0.29) is 114 Å². The molecule has 0 bridgehead atoms. The molecule has 0 unspecified atom stereocenters. The summed E-state index contributed by atoms with van der Waals surface area (Å²) in [6.07, 6.45) is 1.61. The van der Waals surface area contributed by atoms with Crippen LogP contribution in [0.25, 0.3) is 0 Å². The minimum Gasteiger partial charge on any atom is -0.748 e. The molecule has 0 atom stereocenters. The fraction of sp³-hybridized carbons (Fsp3) is 0.800. The Balaban J connectivity index is 0. The van der Waals surface area contributed by atoms with E-state index in [0.29, 0.717) is 156 Å². The molecule has 0 saturated carbocycles. The Kier molecular flexibility index (Phi) is 40.3. The summed E-state index contributed by atoms with van der Waals surface area (Å²) in [7, 11) is -8.31. The van der Waals surface area contributed by atoms with Crippen LogP contribution in [0.5, 0.6) is 11.5 Å². The van der Waals surface area contributed by atoms with Crippen molar-refractivity contribution in [3.8, 4) is 11.5 Å². The Morgan fingerprint density at radius 3 is 0.880 bits per heavy atom. The third-order valence-corrected chi connectivity index (χ3v) is 7.50. The molecule has 282 valence electrons. The molecule has 0 aromatic heterocycles. The molecule has 0 aliphatic rings. The summed E-state index contributed by atoms with van der Waals surface area (Å²) in [5.74, 6) is 0.486. The van der Waals surface area contributed by atoms with Gasteiger partial charge in [-0.15, -0.1) is 0 Å². The first-order valence-corrected chi connectivity index (χ1v) is 19.2. The SMILES string of the molecule is O=S(=O)([O-])CCCCOCCOCCOCCOCCOc1ccccc1OCCOCCOCCOCCOCCCCS(=O)(=O)[O-].[K+].[K+]. The standard InChI is InChI=1S/C30H54O16S2.2K/c31-47(32,33)27-5-3-9-37-11-13-39-15-17-41-19-21-43-23-25-45-29-7-1-2-8-30(29)46-26-24-44-22-20-42-18-16-40-14-12-38-10-4-6-28-48(34,35)36;;/h1-2,7-8H,3-6,9-28H2,(H,31,32,33)(H,34,35,36);;/q;2*+1/p-2. The van der Waals surface area contributed by atoms with Crippen LogP contribution in [0.2, 0.25) is 0 Å². The Morgan fingerprint density at radius 1 is 0.380 bits per heavy atom. The van der Waals surface area contributed by atoms with E-state index in [1.165, 1.54) is 0 Å². The summed E-state index contributed by atoms with van der Waals surface area (Å²) >= 11 is 0. The molecule has 0 radical (unpaired) electrons. The second-order valence-corrected chi connectivity index (χ2v) is 13.0. The van der Waals surface area contributed by atoms with E-state index in [2.05, 4.69) is 0 Å². The fourth-order valence-corrected chi connectivity index (χ4v) is 4.71. The molecular weight excluding hydrogens is 759 g/mol. The minimum atomic E-state index is -4.15. The predicted molar refractivity (Wildman–Crippen MR) is 172 cm³/mol. The molecule has 0 aliphatic heterocycles. The van der Waals surface area contributed by atoms with Crippen LogP contribution in [-0.4, -0.2) is 156 Å². The number of benzene rings is 1. The van der Waals surface area contributed by atoms with Crippen molar-refractivity contribution in [2.45, 2.75) is 25.7 Å². The zero-order valence-corrected chi connectivity index (χ0v) is 37.5. The van der Waals surface area contributed by atoms with Gasteiger partial charge >= 0.3 is 103 Å². The molecule has 50 heavy (non-hydrogen) atoms. The van der Waals surface area contributed by atoms with Crippen molar-refractivity contribution in [1.82, 2.24) is 0 Å². The van der Waals surface area contributed by atoms with Gasteiger partial charge in [0, 0.05) is 24.7 Å². The van der Waals surface area contributed by atoms with Gasteiger partial charge in [-0.25, -0.2) is 16.8 Å². The molecule has 0 saturated heterocycles. The third-order valence-electron chi connectivity index (χ3n) is 5.92. The van der Waals surface area contributed by atoms with E-state index in [1.807, 2.05) is 24.3 Å². The van der Waals surface area contributed by atoms with Crippen LogP contribution in [0.3, 0.4) is 0 Å². The second-order valence-electron chi connectivity index (χ2n) is 9.98. The minimum absolute atomic E-state index is 0. The van der Waals surface area contributed by atoms with Gasteiger partial charge in [-0.1, -0.05) is 12.1 Å². The molecule has 0 aliphatic carbocycles. The van der Waals surface area contributed by atoms with Crippen molar-refractivity contribution in [1.29, 1.82) is 0 Å². The van der Waals surface area contributed by atoms with Gasteiger partial charge in [0.15, 0.2) is 11.5 Å². The maximum absolute atomic E-state index is 10.5. The van der Waals surface area contributed by atoms with Gasteiger partial charge in [0.1, 0.15) is 13.2 Å². The van der Waals surface area contributed by atoms with Gasteiger partial charge in [0.2, 0.25) is 0 Å². The van der Waals surface area contributed by atoms with Gasteiger partial charge in [0.25, 0.3) is 0 Å². The zero-order chi connectivity index (χ0) is 35.0. The number of para-hydroxylation sites is 2. The molecular formula is C30H52K2O16S2. The van der Waals surface area contributed by atoms with Crippen LogP contribution < -0.4 is 112 Å². The van der Waals surface area contributed by atoms with Crippen molar-refractivity contribution in [3.63, 3.8) is 0 Å². The first-order chi connectivity index (χ1) is 23.2. The maximum atomic E-state index is 10.5. The molecule has 20 heteroatoms. The van der Waals surface area contributed by atoms with Crippen molar-refractivity contribution in [2.24, 2.45) is 0 Å². The quantitative estimate of drug-likeness (QED) is 0.0354. The summed E-state index contributed by atoms with van der Waals surface area (Å²) in [5, 5.41) is 0. The number of rotatable bonds is 36. The molecule has 0 heterocycles. The smallest absolute Gasteiger partial charge is 0.748 e. The number of ether oxygens (including phenoxy) is 10. The number of unbranched alkanes of at least 4 members (excludes halogenated alkanes) is 2. The van der Waals surface area contributed by atoms with E-state index in [9.17, 15) is 25.9 Å². The van der Waals surface area contributed by atoms with E-state index >= 15 is 0 Å². The van der Waals surface area contributed by atoms with Gasteiger partial charge in [-0.3, -0.25) is 0 Å². The van der Waals surface area contributed by atoms with Gasteiger partial charge < -0.3 is 56.5 Å².